The lowest BCUT2D eigenvalue weighted by Crippen LogP contribution is -2.02. The molecule has 0 aliphatic carbocycles. The Bertz CT molecular complexity index is 438. The van der Waals surface area contributed by atoms with Gasteiger partial charge in [-0.05, 0) is 43.6 Å². The molecule has 1 aromatic carbocycles. The van der Waals surface area contributed by atoms with Crippen LogP contribution in [0.4, 0.5) is 0 Å². The van der Waals surface area contributed by atoms with Crippen LogP contribution in [0.2, 0.25) is 0 Å². The minimum absolute atomic E-state index is 0.0871. The molecule has 0 saturated heterocycles. The number of hydrogen-bond acceptors (Lipinski definition) is 4. The van der Waals surface area contributed by atoms with Crippen molar-refractivity contribution in [3.05, 3.63) is 23.8 Å². The average Bonchev–Trinajstić information content (AvgIpc) is 2.69. The van der Waals surface area contributed by atoms with E-state index in [1.54, 1.807) is 6.07 Å². The monoisotopic (exact) mass is 394 g/mol. The molecule has 4 nitrogen and oxygen atoms in total. The first-order valence-electron chi connectivity index (χ1n) is 11.6. The topological polar surface area (TPSA) is 92.5 Å². The summed E-state index contributed by atoms with van der Waals surface area (Å²) in [5, 5.41) is 18.0. The van der Waals surface area contributed by atoms with Crippen LogP contribution in [0.5, 0.6) is 11.5 Å². The second-order valence-corrected chi connectivity index (χ2v) is 7.75. The molecule has 4 heteroatoms. The predicted octanol–water partition coefficient (Wildman–Crippen LogP) is 6.03. The average molecular weight is 395 g/mol. The quantitative estimate of drug-likeness (QED) is 0.203. The molecule has 0 aliphatic heterocycles. The van der Waals surface area contributed by atoms with Gasteiger partial charge in [0.25, 0.3) is 0 Å². The number of hydrogen-bond donors (Lipinski definition) is 4. The summed E-state index contributed by atoms with van der Waals surface area (Å²) in [6.45, 7) is 3.70. The number of nitrogens with two attached hydrogens (primary N) is 2. The van der Waals surface area contributed by atoms with Crippen molar-refractivity contribution in [1.29, 1.82) is 0 Å². The molecular formula is C24H46N2O2. The van der Waals surface area contributed by atoms with Crippen molar-refractivity contribution in [3.63, 3.8) is 0 Å². The van der Waals surface area contributed by atoms with Crippen LogP contribution in [0.25, 0.3) is 0 Å². The van der Waals surface area contributed by atoms with Gasteiger partial charge in [-0.2, -0.15) is 0 Å². The van der Waals surface area contributed by atoms with Gasteiger partial charge in [-0.25, -0.2) is 0 Å². The zero-order valence-electron chi connectivity index (χ0n) is 18.3. The molecular weight excluding hydrogens is 348 g/mol. The molecule has 0 unspecified atom stereocenters. The second kappa shape index (κ2) is 20.5. The van der Waals surface area contributed by atoms with Crippen LogP contribution in [0.1, 0.15) is 102 Å². The van der Waals surface area contributed by atoms with Crippen molar-refractivity contribution in [2.75, 3.05) is 13.1 Å². The van der Waals surface area contributed by atoms with Crippen LogP contribution >= 0.6 is 0 Å². The van der Waals surface area contributed by atoms with E-state index in [2.05, 4.69) is 6.92 Å². The molecule has 0 radical (unpaired) electrons. The Kier molecular flexibility index (Phi) is 19.6. The van der Waals surface area contributed by atoms with Crippen LogP contribution in [0.3, 0.4) is 0 Å². The number of rotatable bonds is 16. The Hall–Kier alpha value is -1.26. The van der Waals surface area contributed by atoms with Crippen molar-refractivity contribution in [2.24, 2.45) is 11.5 Å². The lowest BCUT2D eigenvalue weighted by atomic mass is 10.0. The van der Waals surface area contributed by atoms with Crippen molar-refractivity contribution >= 4 is 0 Å². The third kappa shape index (κ3) is 16.9. The van der Waals surface area contributed by atoms with E-state index < -0.39 is 0 Å². The summed E-state index contributed by atoms with van der Waals surface area (Å²) in [5.74, 6) is -0.179. The van der Waals surface area contributed by atoms with Gasteiger partial charge in [-0.15, -0.1) is 0 Å². The van der Waals surface area contributed by atoms with E-state index in [0.717, 1.165) is 12.1 Å². The minimum atomic E-state index is -0.0919. The molecule has 0 aliphatic rings. The summed E-state index contributed by atoms with van der Waals surface area (Å²) < 4.78 is 0. The first-order chi connectivity index (χ1) is 13.7. The SMILES string of the molecule is CCCCCCCCCCCCCCCCN.NCCc1ccc(O)c(O)c1. The molecule has 0 aromatic heterocycles. The van der Waals surface area contributed by atoms with E-state index in [1.807, 2.05) is 0 Å². The molecule has 0 atom stereocenters. The van der Waals surface area contributed by atoms with Crippen molar-refractivity contribution in [3.8, 4) is 11.5 Å². The summed E-state index contributed by atoms with van der Waals surface area (Å²) in [5.41, 5.74) is 11.7. The summed E-state index contributed by atoms with van der Waals surface area (Å²) in [6.07, 6.45) is 20.6. The molecule has 1 aromatic rings. The van der Waals surface area contributed by atoms with Gasteiger partial charge in [0.15, 0.2) is 11.5 Å². The molecule has 0 heterocycles. The zero-order valence-corrected chi connectivity index (χ0v) is 18.3. The van der Waals surface area contributed by atoms with E-state index in [9.17, 15) is 0 Å². The number of phenolic OH excluding ortho intramolecular Hbond substituents is 2. The van der Waals surface area contributed by atoms with Gasteiger partial charge in [0.05, 0.1) is 0 Å². The lowest BCUT2D eigenvalue weighted by Gasteiger charge is -2.02. The maximum absolute atomic E-state index is 9.04. The van der Waals surface area contributed by atoms with E-state index in [-0.39, 0.29) is 11.5 Å². The van der Waals surface area contributed by atoms with Crippen molar-refractivity contribution in [1.82, 2.24) is 0 Å². The number of phenols is 2. The van der Waals surface area contributed by atoms with Crippen LogP contribution in [0, 0.1) is 0 Å². The van der Waals surface area contributed by atoms with E-state index in [4.69, 9.17) is 21.7 Å². The molecule has 28 heavy (non-hydrogen) atoms. The van der Waals surface area contributed by atoms with Gasteiger partial charge in [0.1, 0.15) is 0 Å². The van der Waals surface area contributed by atoms with Crippen LogP contribution in [-0.4, -0.2) is 23.3 Å². The first-order valence-corrected chi connectivity index (χ1v) is 11.6. The van der Waals surface area contributed by atoms with Gasteiger partial charge in [0.2, 0.25) is 0 Å². The molecule has 0 bridgehead atoms. The Labute approximate surface area is 173 Å². The number of unbranched alkanes of at least 4 members (excludes halogenated alkanes) is 13. The Morgan fingerprint density at radius 2 is 1.07 bits per heavy atom. The number of benzene rings is 1. The summed E-state index contributed by atoms with van der Waals surface area (Å²) in [7, 11) is 0. The third-order valence-corrected chi connectivity index (χ3v) is 5.03. The first kappa shape index (κ1) is 26.7. The Morgan fingerprint density at radius 1 is 0.607 bits per heavy atom. The van der Waals surface area contributed by atoms with Gasteiger partial charge in [-0.3, -0.25) is 0 Å². The fourth-order valence-corrected chi connectivity index (χ4v) is 3.23. The Balaban J connectivity index is 0.000000567. The highest BCUT2D eigenvalue weighted by atomic mass is 16.3. The lowest BCUT2D eigenvalue weighted by molar-refractivity contribution is 0.403. The molecule has 0 amide bonds. The predicted molar refractivity (Wildman–Crippen MR) is 122 cm³/mol. The highest BCUT2D eigenvalue weighted by Crippen LogP contribution is 2.24. The van der Waals surface area contributed by atoms with Crippen LogP contribution in [-0.2, 0) is 6.42 Å². The maximum Gasteiger partial charge on any atom is 0.157 e. The highest BCUT2D eigenvalue weighted by Gasteiger charge is 1.98. The fraction of sp³-hybridized carbons (Fsp3) is 0.750. The van der Waals surface area contributed by atoms with Gasteiger partial charge < -0.3 is 21.7 Å². The smallest absolute Gasteiger partial charge is 0.157 e. The summed E-state index contributed by atoms with van der Waals surface area (Å²) in [6, 6.07) is 4.71. The van der Waals surface area contributed by atoms with Gasteiger partial charge >= 0.3 is 0 Å². The minimum Gasteiger partial charge on any atom is -0.504 e. The highest BCUT2D eigenvalue weighted by molar-refractivity contribution is 5.40. The van der Waals surface area contributed by atoms with E-state index >= 15 is 0 Å². The molecule has 0 spiro atoms. The second-order valence-electron chi connectivity index (χ2n) is 7.75. The summed E-state index contributed by atoms with van der Waals surface area (Å²) >= 11 is 0. The standard InChI is InChI=1S/C16H35N.C8H11NO2/c1-2-3-4-5-6-7-8-9-10-11-12-13-14-15-16-17;9-4-3-6-1-2-7(10)8(11)5-6/h2-17H2,1H3;1-2,5,10-11H,3-4,9H2. The molecule has 164 valence electrons. The fourth-order valence-electron chi connectivity index (χ4n) is 3.23. The maximum atomic E-state index is 9.04. The summed E-state index contributed by atoms with van der Waals surface area (Å²) in [4.78, 5) is 0. The van der Waals surface area contributed by atoms with E-state index in [0.29, 0.717) is 13.0 Å². The molecule has 1 rings (SSSR count). The third-order valence-electron chi connectivity index (χ3n) is 5.03. The van der Waals surface area contributed by atoms with Crippen LogP contribution in [0.15, 0.2) is 18.2 Å². The van der Waals surface area contributed by atoms with Crippen LogP contribution < -0.4 is 11.5 Å². The molecule has 0 saturated carbocycles. The van der Waals surface area contributed by atoms with Gasteiger partial charge in [-0.1, -0.05) is 96.5 Å². The Morgan fingerprint density at radius 3 is 1.46 bits per heavy atom. The largest absolute Gasteiger partial charge is 0.504 e. The zero-order chi connectivity index (χ0) is 20.9. The molecule has 6 N–H and O–H groups in total. The normalized spacial score (nSPS) is 10.5. The van der Waals surface area contributed by atoms with E-state index in [1.165, 1.54) is 102 Å². The number of aromatic hydroxyl groups is 2. The van der Waals surface area contributed by atoms with Crippen molar-refractivity contribution in [2.45, 2.75) is 103 Å². The van der Waals surface area contributed by atoms with Crippen molar-refractivity contribution < 1.29 is 10.2 Å². The molecule has 0 fully saturated rings. The van der Waals surface area contributed by atoms with Gasteiger partial charge in [0, 0.05) is 0 Å².